The van der Waals surface area contributed by atoms with Crippen LogP contribution < -0.4 is 0 Å². The first-order chi connectivity index (χ1) is 6.53. The number of benzene rings is 1. The predicted octanol–water partition coefficient (Wildman–Crippen LogP) is 4.39. The summed E-state index contributed by atoms with van der Waals surface area (Å²) in [7, 11) is 0. The topological polar surface area (TPSA) is 0 Å². The maximum Gasteiger partial charge on any atom is 0.00202 e. The van der Waals surface area contributed by atoms with Crippen LogP contribution in [0.25, 0.3) is 0 Å². The van der Waals surface area contributed by atoms with Crippen LogP contribution in [0.1, 0.15) is 38.7 Å². The average molecular weight is 188 g/mol. The Morgan fingerprint density at radius 1 is 1.21 bits per heavy atom. The standard InChI is InChI=1S/C14H20/c1-5-12(11-14(2,3)4)13-9-7-6-8-10-13/h5-10,12H,1,11H2,2-4H3/t12-/m1/s1. The Morgan fingerprint density at radius 2 is 1.79 bits per heavy atom. The van der Waals surface area contributed by atoms with Crippen LogP contribution in [0.4, 0.5) is 0 Å². The van der Waals surface area contributed by atoms with Gasteiger partial charge in [-0.3, -0.25) is 0 Å². The van der Waals surface area contributed by atoms with Crippen molar-refractivity contribution >= 4 is 0 Å². The molecule has 0 amide bonds. The van der Waals surface area contributed by atoms with Crippen molar-refractivity contribution in [2.45, 2.75) is 33.1 Å². The maximum atomic E-state index is 3.92. The van der Waals surface area contributed by atoms with E-state index in [1.807, 2.05) is 0 Å². The fourth-order valence-electron chi connectivity index (χ4n) is 1.70. The Morgan fingerprint density at radius 3 is 2.21 bits per heavy atom. The van der Waals surface area contributed by atoms with Gasteiger partial charge in [-0.1, -0.05) is 57.2 Å². The molecule has 0 aliphatic carbocycles. The first-order valence-electron chi connectivity index (χ1n) is 5.20. The summed E-state index contributed by atoms with van der Waals surface area (Å²) in [6, 6.07) is 10.6. The average Bonchev–Trinajstić information content (AvgIpc) is 2.14. The van der Waals surface area contributed by atoms with Crippen molar-refractivity contribution in [2.75, 3.05) is 0 Å². The Bertz CT molecular complexity index is 277. The van der Waals surface area contributed by atoms with Gasteiger partial charge in [-0.2, -0.15) is 0 Å². The third-order valence-corrected chi connectivity index (χ3v) is 2.34. The van der Waals surface area contributed by atoms with Gasteiger partial charge in [-0.25, -0.2) is 0 Å². The molecule has 1 aromatic carbocycles. The van der Waals surface area contributed by atoms with E-state index in [9.17, 15) is 0 Å². The van der Waals surface area contributed by atoms with E-state index in [0.717, 1.165) is 6.42 Å². The lowest BCUT2D eigenvalue weighted by molar-refractivity contribution is 0.361. The van der Waals surface area contributed by atoms with Crippen LogP contribution in [0.15, 0.2) is 43.0 Å². The Kier molecular flexibility index (Phi) is 3.51. The maximum absolute atomic E-state index is 3.92. The highest BCUT2D eigenvalue weighted by molar-refractivity contribution is 5.23. The number of hydrogen-bond acceptors (Lipinski definition) is 0. The van der Waals surface area contributed by atoms with Gasteiger partial charge < -0.3 is 0 Å². The Hall–Kier alpha value is -1.04. The SMILES string of the molecule is C=C[C@H](CC(C)(C)C)c1ccccc1. The zero-order valence-electron chi connectivity index (χ0n) is 9.46. The second-order valence-corrected chi connectivity index (χ2v) is 5.02. The summed E-state index contributed by atoms with van der Waals surface area (Å²) in [4.78, 5) is 0. The summed E-state index contributed by atoms with van der Waals surface area (Å²) in [5.74, 6) is 0.483. The molecular formula is C14H20. The molecule has 0 saturated carbocycles. The van der Waals surface area contributed by atoms with Crippen LogP contribution in [0.5, 0.6) is 0 Å². The van der Waals surface area contributed by atoms with Crippen molar-refractivity contribution in [2.24, 2.45) is 5.41 Å². The van der Waals surface area contributed by atoms with Gasteiger partial charge >= 0.3 is 0 Å². The van der Waals surface area contributed by atoms with E-state index in [0.29, 0.717) is 11.3 Å². The third-order valence-electron chi connectivity index (χ3n) is 2.34. The zero-order valence-corrected chi connectivity index (χ0v) is 9.46. The van der Waals surface area contributed by atoms with E-state index in [-0.39, 0.29) is 0 Å². The van der Waals surface area contributed by atoms with Crippen LogP contribution in [0.2, 0.25) is 0 Å². The number of allylic oxidation sites excluding steroid dienone is 1. The largest absolute Gasteiger partial charge is 0.102 e. The van der Waals surface area contributed by atoms with Gasteiger partial charge in [0.05, 0.1) is 0 Å². The summed E-state index contributed by atoms with van der Waals surface area (Å²) in [5, 5.41) is 0. The van der Waals surface area contributed by atoms with Crippen LogP contribution in [0.3, 0.4) is 0 Å². The Balaban J connectivity index is 2.78. The highest BCUT2D eigenvalue weighted by Crippen LogP contribution is 2.31. The zero-order chi connectivity index (χ0) is 10.6. The monoisotopic (exact) mass is 188 g/mol. The molecule has 0 spiro atoms. The molecule has 0 radical (unpaired) electrons. The fourth-order valence-corrected chi connectivity index (χ4v) is 1.70. The van der Waals surface area contributed by atoms with Crippen LogP contribution in [-0.4, -0.2) is 0 Å². The molecule has 0 bridgehead atoms. The molecule has 0 aliphatic rings. The first kappa shape index (κ1) is 11.0. The predicted molar refractivity (Wildman–Crippen MR) is 63.5 cm³/mol. The van der Waals surface area contributed by atoms with Crippen LogP contribution in [0, 0.1) is 5.41 Å². The van der Waals surface area contributed by atoms with Crippen molar-refractivity contribution < 1.29 is 0 Å². The van der Waals surface area contributed by atoms with E-state index >= 15 is 0 Å². The molecule has 0 heterocycles. The molecular weight excluding hydrogens is 168 g/mol. The molecule has 0 saturated heterocycles. The minimum atomic E-state index is 0.356. The van der Waals surface area contributed by atoms with Gasteiger partial charge in [0, 0.05) is 5.92 Å². The van der Waals surface area contributed by atoms with Gasteiger partial charge in [0.1, 0.15) is 0 Å². The summed E-state index contributed by atoms with van der Waals surface area (Å²) < 4.78 is 0. The Labute approximate surface area is 87.7 Å². The van der Waals surface area contributed by atoms with Gasteiger partial charge in [-0.15, -0.1) is 6.58 Å². The molecule has 0 aromatic heterocycles. The lowest BCUT2D eigenvalue weighted by Crippen LogP contribution is -2.10. The summed E-state index contributed by atoms with van der Waals surface area (Å²) in [6.07, 6.45) is 3.21. The normalized spacial score (nSPS) is 13.6. The highest BCUT2D eigenvalue weighted by atomic mass is 14.2. The molecule has 0 N–H and O–H groups in total. The van der Waals surface area contributed by atoms with Gasteiger partial charge in [0.2, 0.25) is 0 Å². The summed E-state index contributed by atoms with van der Waals surface area (Å²) in [5.41, 5.74) is 1.73. The van der Waals surface area contributed by atoms with Crippen molar-refractivity contribution in [3.8, 4) is 0 Å². The second kappa shape index (κ2) is 4.45. The van der Waals surface area contributed by atoms with Crippen molar-refractivity contribution in [3.05, 3.63) is 48.6 Å². The van der Waals surface area contributed by atoms with Crippen molar-refractivity contribution in [1.82, 2.24) is 0 Å². The quantitative estimate of drug-likeness (QED) is 0.617. The molecule has 0 fully saturated rings. The molecule has 1 aromatic rings. The first-order valence-corrected chi connectivity index (χ1v) is 5.20. The second-order valence-electron chi connectivity index (χ2n) is 5.02. The summed E-state index contributed by atoms with van der Waals surface area (Å²) >= 11 is 0. The molecule has 1 atom stereocenters. The lowest BCUT2D eigenvalue weighted by atomic mass is 9.81. The molecule has 76 valence electrons. The lowest BCUT2D eigenvalue weighted by Gasteiger charge is -2.24. The smallest absolute Gasteiger partial charge is 0.00202 e. The molecule has 0 heteroatoms. The number of hydrogen-bond donors (Lipinski definition) is 0. The minimum Gasteiger partial charge on any atom is -0.102 e. The molecule has 14 heavy (non-hydrogen) atoms. The van der Waals surface area contributed by atoms with Crippen LogP contribution >= 0.6 is 0 Å². The van der Waals surface area contributed by atoms with E-state index in [2.05, 4.69) is 63.8 Å². The molecule has 0 aliphatic heterocycles. The van der Waals surface area contributed by atoms with Gasteiger partial charge in [0.25, 0.3) is 0 Å². The van der Waals surface area contributed by atoms with Gasteiger partial charge in [-0.05, 0) is 17.4 Å². The fraction of sp³-hybridized carbons (Fsp3) is 0.429. The van der Waals surface area contributed by atoms with Crippen molar-refractivity contribution in [1.29, 1.82) is 0 Å². The van der Waals surface area contributed by atoms with E-state index in [1.54, 1.807) is 0 Å². The third kappa shape index (κ3) is 3.37. The highest BCUT2D eigenvalue weighted by Gasteiger charge is 2.17. The molecule has 0 nitrogen and oxygen atoms in total. The van der Waals surface area contributed by atoms with E-state index in [4.69, 9.17) is 0 Å². The summed E-state index contributed by atoms with van der Waals surface area (Å²) in [6.45, 7) is 10.7. The molecule has 1 rings (SSSR count). The van der Waals surface area contributed by atoms with Crippen molar-refractivity contribution in [3.63, 3.8) is 0 Å². The van der Waals surface area contributed by atoms with E-state index in [1.165, 1.54) is 5.56 Å². The van der Waals surface area contributed by atoms with Crippen LogP contribution in [-0.2, 0) is 0 Å². The minimum absolute atomic E-state index is 0.356. The van der Waals surface area contributed by atoms with Gasteiger partial charge in [0.15, 0.2) is 0 Å². The van der Waals surface area contributed by atoms with E-state index < -0.39 is 0 Å². The molecule has 0 unspecified atom stereocenters. The number of rotatable bonds is 3.